The van der Waals surface area contributed by atoms with E-state index >= 15 is 0 Å². The van der Waals surface area contributed by atoms with Gasteiger partial charge < -0.3 is 10.2 Å². The van der Waals surface area contributed by atoms with Gasteiger partial charge in [0.25, 0.3) is 0 Å². The van der Waals surface area contributed by atoms with Crippen LogP contribution < -0.4 is 0 Å². The van der Waals surface area contributed by atoms with E-state index in [0.717, 1.165) is 0 Å². The molecule has 0 aromatic carbocycles. The average Bonchev–Trinajstić information content (AvgIpc) is 2.04. The second kappa shape index (κ2) is 3.44. The van der Waals surface area contributed by atoms with Crippen molar-refractivity contribution in [2.24, 2.45) is 0 Å². The number of aliphatic carboxylic acids is 2. The molecule has 0 aromatic rings. The topological polar surface area (TPSA) is 74.6 Å². The molecule has 0 amide bonds. The van der Waals surface area contributed by atoms with Crippen molar-refractivity contribution in [3.63, 3.8) is 0 Å². The first-order valence-corrected chi connectivity index (χ1v) is 4.15. The van der Waals surface area contributed by atoms with E-state index in [1.54, 1.807) is 0 Å². The second-order valence-electron chi connectivity index (χ2n) is 2.16. The third kappa shape index (κ3) is 1.88. The maximum Gasteiger partial charge on any atom is 0.336 e. The molecule has 1 rings (SSSR count). The van der Waals surface area contributed by atoms with Crippen LogP contribution in [0.5, 0.6) is 0 Å². The fraction of sp³-hybridized carbons (Fsp3) is 0.143. The number of carboxylic acids is 2. The predicted octanol–water partition coefficient (Wildman–Crippen LogP) is 0.713. The zero-order valence-electron chi connectivity index (χ0n) is 5.98. The van der Waals surface area contributed by atoms with Crippen LogP contribution in [0.4, 0.5) is 0 Å². The summed E-state index contributed by atoms with van der Waals surface area (Å²) >= 11 is 1.18. The fourth-order valence-electron chi connectivity index (χ4n) is 0.720. The Balaban J connectivity index is 2.88. The van der Waals surface area contributed by atoms with Gasteiger partial charge in [-0.15, -0.1) is 11.8 Å². The Kier molecular flexibility index (Phi) is 2.54. The zero-order valence-corrected chi connectivity index (χ0v) is 6.80. The van der Waals surface area contributed by atoms with E-state index in [-0.39, 0.29) is 11.1 Å². The molecule has 5 heteroatoms. The van der Waals surface area contributed by atoms with Crippen LogP contribution in [-0.2, 0) is 9.59 Å². The molecule has 0 radical (unpaired) electrons. The van der Waals surface area contributed by atoms with Gasteiger partial charge in [-0.05, 0) is 11.5 Å². The first-order chi connectivity index (χ1) is 5.61. The number of hydrogen-bond donors (Lipinski definition) is 2. The van der Waals surface area contributed by atoms with Gasteiger partial charge >= 0.3 is 11.9 Å². The Morgan fingerprint density at radius 1 is 1.33 bits per heavy atom. The summed E-state index contributed by atoms with van der Waals surface area (Å²) in [7, 11) is 0. The molecular formula is C7H6O4S. The van der Waals surface area contributed by atoms with Crippen LogP contribution in [0.2, 0.25) is 0 Å². The Bertz CT molecular complexity index is 290. The molecule has 1 heterocycles. The summed E-state index contributed by atoms with van der Waals surface area (Å²) in [5.74, 6) is -1.83. The summed E-state index contributed by atoms with van der Waals surface area (Å²) in [6.45, 7) is 0. The van der Waals surface area contributed by atoms with E-state index in [1.165, 1.54) is 23.2 Å². The largest absolute Gasteiger partial charge is 0.478 e. The lowest BCUT2D eigenvalue weighted by molar-refractivity contribution is -0.132. The molecule has 0 saturated heterocycles. The van der Waals surface area contributed by atoms with E-state index < -0.39 is 11.9 Å². The van der Waals surface area contributed by atoms with Gasteiger partial charge in [0.2, 0.25) is 0 Å². The highest BCUT2D eigenvalue weighted by Crippen LogP contribution is 2.20. The van der Waals surface area contributed by atoms with Crippen molar-refractivity contribution in [3.8, 4) is 0 Å². The predicted molar refractivity (Wildman–Crippen MR) is 43.9 cm³/mol. The fourth-order valence-corrected chi connectivity index (χ4v) is 1.54. The minimum Gasteiger partial charge on any atom is -0.478 e. The van der Waals surface area contributed by atoms with Gasteiger partial charge in [-0.1, -0.05) is 0 Å². The molecule has 0 saturated carbocycles. The van der Waals surface area contributed by atoms with E-state index in [4.69, 9.17) is 10.2 Å². The Morgan fingerprint density at radius 2 is 2.00 bits per heavy atom. The molecule has 4 nitrogen and oxygen atoms in total. The van der Waals surface area contributed by atoms with E-state index in [1.807, 2.05) is 0 Å². The van der Waals surface area contributed by atoms with Gasteiger partial charge in [0, 0.05) is 11.3 Å². The molecule has 0 unspecified atom stereocenters. The lowest BCUT2D eigenvalue weighted by atomic mass is 10.2. The van der Waals surface area contributed by atoms with E-state index in [2.05, 4.69) is 0 Å². The van der Waals surface area contributed by atoms with E-state index in [0.29, 0.717) is 5.75 Å². The summed E-state index contributed by atoms with van der Waals surface area (Å²) in [5.41, 5.74) is 0.156. The highest BCUT2D eigenvalue weighted by atomic mass is 32.2. The number of hydrogen-bond acceptors (Lipinski definition) is 3. The van der Waals surface area contributed by atoms with Crippen molar-refractivity contribution in [1.29, 1.82) is 0 Å². The Hall–Kier alpha value is -1.23. The first-order valence-electron chi connectivity index (χ1n) is 3.10. The van der Waals surface area contributed by atoms with Gasteiger partial charge in [-0.25, -0.2) is 9.59 Å². The van der Waals surface area contributed by atoms with Gasteiger partial charge in [0.05, 0.1) is 5.57 Å². The quantitative estimate of drug-likeness (QED) is 0.664. The molecule has 0 spiro atoms. The molecule has 0 aliphatic carbocycles. The highest BCUT2D eigenvalue weighted by Gasteiger charge is 2.15. The summed E-state index contributed by atoms with van der Waals surface area (Å²) < 4.78 is 0. The number of thioether (sulfide) groups is 1. The molecule has 1 aliphatic heterocycles. The minimum absolute atomic E-state index is 0.0312. The van der Waals surface area contributed by atoms with Crippen molar-refractivity contribution >= 4 is 23.7 Å². The molecule has 12 heavy (non-hydrogen) atoms. The number of carbonyl (C=O) groups is 2. The normalized spacial score (nSPS) is 16.3. The molecule has 0 aromatic heterocycles. The summed E-state index contributed by atoms with van der Waals surface area (Å²) in [4.78, 5) is 20.8. The smallest absolute Gasteiger partial charge is 0.336 e. The molecule has 64 valence electrons. The van der Waals surface area contributed by atoms with Crippen molar-refractivity contribution in [3.05, 3.63) is 22.6 Å². The van der Waals surface area contributed by atoms with Crippen LogP contribution in [0, 0.1) is 0 Å². The van der Waals surface area contributed by atoms with Crippen molar-refractivity contribution in [1.82, 2.24) is 0 Å². The van der Waals surface area contributed by atoms with Crippen LogP contribution in [0.1, 0.15) is 0 Å². The molecule has 0 atom stereocenters. The molecule has 0 bridgehead atoms. The molecular weight excluding hydrogens is 180 g/mol. The van der Waals surface area contributed by atoms with Crippen molar-refractivity contribution < 1.29 is 19.8 Å². The summed E-state index contributed by atoms with van der Waals surface area (Å²) in [5, 5.41) is 18.5. The van der Waals surface area contributed by atoms with Gasteiger partial charge in [-0.2, -0.15) is 0 Å². The number of rotatable bonds is 2. The Labute approximate surface area is 72.6 Å². The Morgan fingerprint density at radius 3 is 2.50 bits per heavy atom. The standard InChI is InChI=1S/C7H6O4S/c8-6(9)4-1-5(7(10)11)3-12-2-4/h1-2H,3H2,(H,8,9)(H,10,11). The SMILES string of the molecule is O=C(O)C1=CSCC(C(=O)O)=C1. The van der Waals surface area contributed by atoms with Crippen molar-refractivity contribution in [2.75, 3.05) is 5.75 Å². The minimum atomic E-state index is -1.10. The maximum absolute atomic E-state index is 10.4. The van der Waals surface area contributed by atoms with Gasteiger partial charge in [0.1, 0.15) is 0 Å². The third-order valence-electron chi connectivity index (χ3n) is 1.30. The molecule has 2 N–H and O–H groups in total. The van der Waals surface area contributed by atoms with Crippen LogP contribution >= 0.6 is 11.8 Å². The summed E-state index contributed by atoms with van der Waals surface area (Å²) in [6, 6.07) is 0. The van der Waals surface area contributed by atoms with Crippen LogP contribution in [0.15, 0.2) is 22.6 Å². The van der Waals surface area contributed by atoms with E-state index in [9.17, 15) is 9.59 Å². The summed E-state index contributed by atoms with van der Waals surface area (Å²) in [6.07, 6.45) is 1.18. The van der Waals surface area contributed by atoms with Crippen LogP contribution in [0.3, 0.4) is 0 Å². The van der Waals surface area contributed by atoms with Gasteiger partial charge in [0.15, 0.2) is 0 Å². The first kappa shape index (κ1) is 8.86. The second-order valence-corrected chi connectivity index (χ2v) is 3.02. The molecule has 1 aliphatic rings. The maximum atomic E-state index is 10.4. The number of carboxylic acid groups (broad SMARTS) is 2. The van der Waals surface area contributed by atoms with Crippen LogP contribution in [-0.4, -0.2) is 27.9 Å². The average molecular weight is 186 g/mol. The monoisotopic (exact) mass is 186 g/mol. The van der Waals surface area contributed by atoms with Gasteiger partial charge in [-0.3, -0.25) is 0 Å². The molecule has 0 fully saturated rings. The highest BCUT2D eigenvalue weighted by molar-refractivity contribution is 8.02. The van der Waals surface area contributed by atoms with Crippen molar-refractivity contribution in [2.45, 2.75) is 0 Å². The van der Waals surface area contributed by atoms with Crippen LogP contribution in [0.25, 0.3) is 0 Å². The zero-order chi connectivity index (χ0) is 9.14. The third-order valence-corrected chi connectivity index (χ3v) is 2.20. The lowest BCUT2D eigenvalue weighted by Crippen LogP contribution is -2.09. The lowest BCUT2D eigenvalue weighted by Gasteiger charge is -2.06.